The lowest BCUT2D eigenvalue weighted by Crippen LogP contribution is -2.43. The minimum Gasteiger partial charge on any atom is -0.756 e. The first-order valence-corrected chi connectivity index (χ1v) is 7.76. The van der Waals surface area contributed by atoms with Crippen molar-refractivity contribution in [1.29, 1.82) is 0 Å². The van der Waals surface area contributed by atoms with Gasteiger partial charge in [-0.25, -0.2) is 0 Å². The Kier molecular flexibility index (Phi) is 7.95. The van der Waals surface area contributed by atoms with E-state index in [1.807, 2.05) is 0 Å². The molecule has 1 rings (SSSR count). The molecule has 8 nitrogen and oxygen atoms in total. The van der Waals surface area contributed by atoms with Gasteiger partial charge in [0.05, 0.1) is 12.1 Å². The number of phosphoric acid groups is 1. The second kappa shape index (κ2) is 8.35. The summed E-state index contributed by atoms with van der Waals surface area (Å²) >= 11 is 7.10. The lowest BCUT2D eigenvalue weighted by molar-refractivity contribution is -0.214. The number of phenolic OH excluding ortho intramolecular Hbond substituents is 1. The van der Waals surface area contributed by atoms with Crippen LogP contribution in [0.5, 0.6) is 11.5 Å². The fourth-order valence-corrected chi connectivity index (χ4v) is 1.77. The normalized spacial score (nSPS) is 10.4. The Hall–Kier alpha value is -0.960. The summed E-state index contributed by atoms with van der Waals surface area (Å²) in [5, 5.41) is 15.3. The van der Waals surface area contributed by atoms with Gasteiger partial charge in [0.15, 0.2) is 11.5 Å². The lowest BCUT2D eigenvalue weighted by Gasteiger charge is -2.07. The van der Waals surface area contributed by atoms with E-state index in [1.54, 1.807) is 12.1 Å². The van der Waals surface area contributed by atoms with Crippen molar-refractivity contribution in [2.75, 3.05) is 7.11 Å². The second-order valence-electron chi connectivity index (χ2n) is 3.31. The van der Waals surface area contributed by atoms with Gasteiger partial charge in [-0.15, -0.1) is 0 Å². The fourth-order valence-electron chi connectivity index (χ4n) is 1.03. The maximum Gasteiger partial charge on any atom is 0.300 e. The third-order valence-corrected chi connectivity index (χ3v) is 2.81. The molecule has 0 aliphatic rings. The number of amidine groups is 1. The number of phenols is 1. The Labute approximate surface area is 124 Å². The third kappa shape index (κ3) is 9.03. The van der Waals surface area contributed by atoms with Crippen LogP contribution in [0, 0.1) is 0 Å². The summed E-state index contributed by atoms with van der Waals surface area (Å²) in [6.45, 7) is 0. The van der Waals surface area contributed by atoms with E-state index in [-0.39, 0.29) is 15.9 Å². The lowest BCUT2D eigenvalue weighted by atomic mass is 10.2. The van der Waals surface area contributed by atoms with Crippen LogP contribution >= 0.6 is 31.2 Å². The molecule has 0 heterocycles. The van der Waals surface area contributed by atoms with Gasteiger partial charge in [-0.3, -0.25) is 15.7 Å². The molecular weight excluding hydrogens is 331 g/mol. The molecule has 0 amide bonds. The monoisotopic (exact) mass is 344 g/mol. The first-order valence-electron chi connectivity index (χ1n) is 4.87. The van der Waals surface area contributed by atoms with Crippen LogP contribution in [0.1, 0.15) is 5.56 Å². The van der Waals surface area contributed by atoms with Crippen molar-refractivity contribution in [3.8, 4) is 11.5 Å². The van der Waals surface area contributed by atoms with Gasteiger partial charge in [0.1, 0.15) is 0 Å². The molecule has 0 aliphatic heterocycles. The number of rotatable bonds is 3. The summed E-state index contributed by atoms with van der Waals surface area (Å²) < 4.78 is 13.7. The largest absolute Gasteiger partial charge is 0.756 e. The summed E-state index contributed by atoms with van der Waals surface area (Å²) in [6.07, 6.45) is 0. The van der Waals surface area contributed by atoms with Crippen LogP contribution in [0.3, 0.4) is 0 Å². The predicted octanol–water partition coefficient (Wildman–Crippen LogP) is -1.20. The molecular formula is C9H14ClN2O6PS. The van der Waals surface area contributed by atoms with Gasteiger partial charge in [-0.05, 0) is 29.5 Å². The zero-order valence-corrected chi connectivity index (χ0v) is 12.8. The number of thioether (sulfide) groups is 1. The second-order valence-corrected chi connectivity index (χ2v) is 5.75. The van der Waals surface area contributed by atoms with Gasteiger partial charge in [-0.2, -0.15) is 0 Å². The number of methoxy groups -OCH3 is 1. The van der Waals surface area contributed by atoms with Crippen LogP contribution in [-0.4, -0.2) is 27.2 Å². The minimum absolute atomic E-state index is 0.0578. The molecule has 0 spiro atoms. The quantitative estimate of drug-likeness (QED) is 0.259. The van der Waals surface area contributed by atoms with Crippen molar-refractivity contribution in [2.45, 2.75) is 5.75 Å². The highest BCUT2D eigenvalue weighted by atomic mass is 35.5. The van der Waals surface area contributed by atoms with Crippen molar-refractivity contribution in [3.63, 3.8) is 0 Å². The molecule has 7 N–H and O–H groups in total. The summed E-state index contributed by atoms with van der Waals surface area (Å²) in [6, 6.07) is 3.34. The van der Waals surface area contributed by atoms with Gasteiger partial charge in [0, 0.05) is 5.75 Å². The van der Waals surface area contributed by atoms with Gasteiger partial charge in [0.25, 0.3) is 13.0 Å². The maximum absolute atomic E-state index is 9.48. The average Bonchev–Trinajstić information content (AvgIpc) is 2.28. The summed E-state index contributed by atoms with van der Waals surface area (Å²) in [4.78, 5) is 22.9. The van der Waals surface area contributed by atoms with Crippen LogP contribution in [0.4, 0.5) is 0 Å². The number of nitrogens with two attached hydrogens (primary N) is 2. The predicted molar refractivity (Wildman–Crippen MR) is 74.1 cm³/mol. The number of benzene rings is 1. The molecule has 11 heteroatoms. The molecule has 0 saturated heterocycles. The van der Waals surface area contributed by atoms with E-state index in [4.69, 9.17) is 46.7 Å². The third-order valence-electron chi connectivity index (χ3n) is 1.71. The smallest absolute Gasteiger partial charge is 0.300 e. The van der Waals surface area contributed by atoms with E-state index in [1.165, 1.54) is 18.9 Å². The number of aromatic hydroxyl groups is 1. The van der Waals surface area contributed by atoms with Crippen molar-refractivity contribution < 1.29 is 34.5 Å². The van der Waals surface area contributed by atoms with Gasteiger partial charge < -0.3 is 24.5 Å². The van der Waals surface area contributed by atoms with Gasteiger partial charge in [-0.1, -0.05) is 11.6 Å². The molecule has 0 aromatic heterocycles. The van der Waals surface area contributed by atoms with E-state index in [9.17, 15) is 5.11 Å². The molecule has 0 atom stereocenters. The van der Waals surface area contributed by atoms with Gasteiger partial charge >= 0.3 is 0 Å². The van der Waals surface area contributed by atoms with E-state index in [0.29, 0.717) is 11.5 Å². The molecule has 20 heavy (non-hydrogen) atoms. The van der Waals surface area contributed by atoms with Crippen molar-refractivity contribution >= 4 is 36.4 Å². The van der Waals surface area contributed by atoms with Crippen molar-refractivity contribution in [3.05, 3.63) is 22.7 Å². The molecule has 0 saturated carbocycles. The van der Waals surface area contributed by atoms with Crippen LogP contribution in [0.25, 0.3) is 0 Å². The molecule has 0 fully saturated rings. The highest BCUT2D eigenvalue weighted by Crippen LogP contribution is 2.35. The van der Waals surface area contributed by atoms with E-state index in [2.05, 4.69) is 0 Å². The number of hydrogen-bond donors (Lipinski definition) is 5. The van der Waals surface area contributed by atoms with Crippen LogP contribution in [0.2, 0.25) is 5.02 Å². The van der Waals surface area contributed by atoms with Gasteiger partial charge in [0.2, 0.25) is 0 Å². The zero-order valence-electron chi connectivity index (χ0n) is 10.3. The van der Waals surface area contributed by atoms with Crippen LogP contribution in [-0.2, 0) is 10.3 Å². The Morgan fingerprint density at radius 1 is 1.60 bits per heavy atom. The minimum atomic E-state index is -4.89. The molecule has 1 aromatic carbocycles. The standard InChI is InChI=1S/C9H11ClN2O2S.H3O4P/c1-14-7-3-5(4-15-9(11)12)2-6(10)8(7)13;1-5(2,3)4/h2-3,13H,4H2,1H3,(H3,11,12);(H3,1,2,3,4). The van der Waals surface area contributed by atoms with E-state index < -0.39 is 7.82 Å². The van der Waals surface area contributed by atoms with Crippen LogP contribution in [0.15, 0.2) is 12.1 Å². The molecule has 1 aromatic rings. The summed E-state index contributed by atoms with van der Waals surface area (Å²) in [5.41, 5.74) is 6.20. The summed E-state index contributed by atoms with van der Waals surface area (Å²) in [7, 11) is -3.42. The Morgan fingerprint density at radius 3 is 2.50 bits per heavy atom. The average molecular weight is 345 g/mol. The van der Waals surface area contributed by atoms with Crippen LogP contribution < -0.4 is 20.8 Å². The van der Waals surface area contributed by atoms with Crippen molar-refractivity contribution in [2.24, 2.45) is 5.73 Å². The first-order chi connectivity index (χ1) is 9.04. The highest BCUT2D eigenvalue weighted by molar-refractivity contribution is 8.12. The van der Waals surface area contributed by atoms with E-state index in [0.717, 1.165) is 5.56 Å². The molecule has 114 valence electrons. The van der Waals surface area contributed by atoms with E-state index >= 15 is 0 Å². The number of halogens is 1. The maximum atomic E-state index is 9.48. The number of hydrogen-bond acceptors (Lipinski definition) is 5. The topological polar surface area (TPSA) is 162 Å². The zero-order chi connectivity index (χ0) is 15.9. The summed E-state index contributed by atoms with van der Waals surface area (Å²) in [5.74, 6) is 0.866. The molecule has 0 aliphatic carbocycles. The molecule has 0 radical (unpaired) electrons. The highest BCUT2D eigenvalue weighted by Gasteiger charge is 2.09. The Morgan fingerprint density at radius 2 is 2.10 bits per heavy atom. The Balaban J connectivity index is 0.000000621. The van der Waals surface area contributed by atoms with Crippen molar-refractivity contribution in [1.82, 2.24) is 0 Å². The number of ether oxygens (including phenoxy) is 1. The SMILES string of the molecule is COc1cc(CSC(N)=[NH2+])cc(Cl)c1O.O=P([O-])(O)O. The molecule has 0 unspecified atom stereocenters. The molecule has 0 bridgehead atoms. The Bertz CT molecular complexity index is 515. The fraction of sp³-hybridized carbons (Fsp3) is 0.222. The first kappa shape index (κ1) is 19.0.